The average Bonchev–Trinajstić information content (AvgIpc) is 2.69. The Kier molecular flexibility index (Phi) is 6.42. The van der Waals surface area contributed by atoms with E-state index in [1.807, 2.05) is 19.0 Å². The summed E-state index contributed by atoms with van der Waals surface area (Å²) >= 11 is 0. The number of carbonyl (C=O) groups excluding carboxylic acids is 1. The fourth-order valence-electron chi connectivity index (χ4n) is 3.37. The summed E-state index contributed by atoms with van der Waals surface area (Å²) in [6, 6.07) is 3.51. The molecule has 1 aromatic carbocycles. The third-order valence-electron chi connectivity index (χ3n) is 5.03. The molecule has 1 aliphatic carbocycles. The third-order valence-corrected chi connectivity index (χ3v) is 5.03. The Balaban J connectivity index is 1.56. The lowest BCUT2D eigenvalue weighted by Gasteiger charge is -2.30. The van der Waals surface area contributed by atoms with Crippen LogP contribution in [0.25, 0.3) is 0 Å². The maximum absolute atomic E-state index is 13.9. The summed E-state index contributed by atoms with van der Waals surface area (Å²) in [6.07, 6.45) is -0.329. The zero-order valence-corrected chi connectivity index (χ0v) is 16.6. The highest BCUT2D eigenvalue weighted by Gasteiger charge is 2.32. The number of hydrogen-bond donors (Lipinski definition) is 2. The standard InChI is InChI=1S/C20H23F4N5O/c1-29(2)17-9-10-25-19(28-17)27-14-6-4-13(5-7-14)26-18(30)15-11-12(20(22,23)24)3-8-16(15)21/h3,8-11,13-14H,4-7H2,1-2H3,(H,26,30)(H,25,27,28)/t13-,14+. The van der Waals surface area contributed by atoms with Gasteiger partial charge in [-0.3, -0.25) is 4.79 Å². The van der Waals surface area contributed by atoms with Crippen molar-refractivity contribution in [2.24, 2.45) is 0 Å². The van der Waals surface area contributed by atoms with Crippen molar-refractivity contribution in [3.05, 3.63) is 47.4 Å². The normalized spacial score (nSPS) is 19.3. The highest BCUT2D eigenvalue weighted by molar-refractivity contribution is 5.94. The molecule has 0 spiro atoms. The number of hydrogen-bond acceptors (Lipinski definition) is 5. The van der Waals surface area contributed by atoms with Crippen LogP contribution in [0.15, 0.2) is 30.5 Å². The molecule has 0 saturated heterocycles. The van der Waals surface area contributed by atoms with Crippen LogP contribution in [0, 0.1) is 5.82 Å². The molecule has 1 heterocycles. The van der Waals surface area contributed by atoms with E-state index in [2.05, 4.69) is 20.6 Å². The van der Waals surface area contributed by atoms with E-state index in [0.29, 0.717) is 49.8 Å². The van der Waals surface area contributed by atoms with E-state index in [9.17, 15) is 22.4 Å². The first-order valence-electron chi connectivity index (χ1n) is 9.58. The molecule has 0 radical (unpaired) electrons. The van der Waals surface area contributed by atoms with Crippen molar-refractivity contribution >= 4 is 17.7 Å². The minimum absolute atomic E-state index is 0.112. The van der Waals surface area contributed by atoms with E-state index in [-0.39, 0.29) is 12.1 Å². The van der Waals surface area contributed by atoms with E-state index in [4.69, 9.17) is 0 Å². The highest BCUT2D eigenvalue weighted by atomic mass is 19.4. The molecule has 0 bridgehead atoms. The summed E-state index contributed by atoms with van der Waals surface area (Å²) in [6.45, 7) is 0. The Labute approximate surface area is 171 Å². The zero-order valence-electron chi connectivity index (χ0n) is 16.6. The van der Waals surface area contributed by atoms with Crippen molar-refractivity contribution in [3.63, 3.8) is 0 Å². The van der Waals surface area contributed by atoms with E-state index in [1.165, 1.54) is 0 Å². The Morgan fingerprint density at radius 3 is 2.40 bits per heavy atom. The number of nitrogens with one attached hydrogen (secondary N) is 2. The van der Waals surface area contributed by atoms with E-state index in [0.717, 1.165) is 5.82 Å². The molecule has 2 aromatic rings. The van der Waals surface area contributed by atoms with Crippen LogP contribution in [0.5, 0.6) is 0 Å². The van der Waals surface area contributed by atoms with Gasteiger partial charge in [0.15, 0.2) is 0 Å². The first-order chi connectivity index (χ1) is 14.1. The Morgan fingerprint density at radius 1 is 1.10 bits per heavy atom. The second-order valence-corrected chi connectivity index (χ2v) is 7.49. The SMILES string of the molecule is CN(C)c1ccnc(N[C@H]2CC[C@@H](NC(=O)c3cc(C(F)(F)F)ccc3F)CC2)n1. The Morgan fingerprint density at radius 2 is 1.77 bits per heavy atom. The molecule has 1 amide bonds. The zero-order chi connectivity index (χ0) is 21.9. The van der Waals surface area contributed by atoms with Gasteiger partial charge in [0.05, 0.1) is 11.1 Å². The first kappa shape index (κ1) is 21.8. The van der Waals surface area contributed by atoms with Crippen molar-refractivity contribution in [2.75, 3.05) is 24.3 Å². The first-order valence-corrected chi connectivity index (χ1v) is 9.58. The van der Waals surface area contributed by atoms with Crippen molar-refractivity contribution in [1.82, 2.24) is 15.3 Å². The number of amides is 1. The predicted octanol–water partition coefficient (Wildman–Crippen LogP) is 3.85. The highest BCUT2D eigenvalue weighted by Crippen LogP contribution is 2.30. The van der Waals surface area contributed by atoms with Crippen LogP contribution in [-0.2, 0) is 6.18 Å². The van der Waals surface area contributed by atoms with E-state index in [1.54, 1.807) is 12.3 Å². The van der Waals surface area contributed by atoms with Gasteiger partial charge < -0.3 is 15.5 Å². The number of carbonyl (C=O) groups is 1. The van der Waals surface area contributed by atoms with Gasteiger partial charge in [0.1, 0.15) is 11.6 Å². The molecule has 0 aliphatic heterocycles. The lowest BCUT2D eigenvalue weighted by Crippen LogP contribution is -2.40. The number of benzene rings is 1. The lowest BCUT2D eigenvalue weighted by atomic mass is 9.91. The molecule has 2 N–H and O–H groups in total. The molecule has 1 aliphatic rings. The average molecular weight is 425 g/mol. The fourth-order valence-corrected chi connectivity index (χ4v) is 3.37. The predicted molar refractivity (Wildman–Crippen MR) is 105 cm³/mol. The number of anilines is 2. The van der Waals surface area contributed by atoms with Gasteiger partial charge in [-0.05, 0) is 49.9 Å². The molecule has 30 heavy (non-hydrogen) atoms. The summed E-state index contributed by atoms with van der Waals surface area (Å²) in [5.41, 5.74) is -1.65. The molecule has 0 unspecified atom stereocenters. The Hall–Kier alpha value is -2.91. The molecular weight excluding hydrogens is 402 g/mol. The van der Waals surface area contributed by atoms with Crippen LogP contribution in [-0.4, -0.2) is 42.1 Å². The molecule has 0 atom stereocenters. The molecule has 162 valence electrons. The quantitative estimate of drug-likeness (QED) is 0.712. The van der Waals surface area contributed by atoms with Crippen molar-refractivity contribution < 1.29 is 22.4 Å². The fraction of sp³-hybridized carbons (Fsp3) is 0.450. The molecule has 1 aromatic heterocycles. The minimum Gasteiger partial charge on any atom is -0.363 e. The van der Waals surface area contributed by atoms with Crippen LogP contribution in [0.3, 0.4) is 0 Å². The summed E-state index contributed by atoms with van der Waals surface area (Å²) in [7, 11) is 3.76. The van der Waals surface area contributed by atoms with Gasteiger partial charge in [0, 0.05) is 32.4 Å². The lowest BCUT2D eigenvalue weighted by molar-refractivity contribution is -0.137. The van der Waals surface area contributed by atoms with E-state index >= 15 is 0 Å². The van der Waals surface area contributed by atoms with Crippen LogP contribution >= 0.6 is 0 Å². The molecule has 10 heteroatoms. The van der Waals surface area contributed by atoms with Crippen LogP contribution in [0.1, 0.15) is 41.6 Å². The van der Waals surface area contributed by atoms with Gasteiger partial charge in [-0.25, -0.2) is 9.37 Å². The summed E-state index contributed by atoms with van der Waals surface area (Å²) in [4.78, 5) is 22.8. The Bertz CT molecular complexity index is 895. The summed E-state index contributed by atoms with van der Waals surface area (Å²) in [5, 5.41) is 5.92. The maximum atomic E-state index is 13.9. The van der Waals surface area contributed by atoms with Gasteiger partial charge in [-0.2, -0.15) is 18.2 Å². The number of halogens is 4. The largest absolute Gasteiger partial charge is 0.416 e. The van der Waals surface area contributed by atoms with Gasteiger partial charge in [0.25, 0.3) is 5.91 Å². The molecule has 1 saturated carbocycles. The van der Waals surface area contributed by atoms with Gasteiger partial charge in [-0.15, -0.1) is 0 Å². The van der Waals surface area contributed by atoms with Gasteiger partial charge >= 0.3 is 6.18 Å². The number of nitrogens with zero attached hydrogens (tertiary/aromatic N) is 3. The van der Waals surface area contributed by atoms with Crippen molar-refractivity contribution in [2.45, 2.75) is 43.9 Å². The summed E-state index contributed by atoms with van der Waals surface area (Å²) < 4.78 is 52.4. The van der Waals surface area contributed by atoms with Crippen LogP contribution < -0.4 is 15.5 Å². The maximum Gasteiger partial charge on any atom is 0.416 e. The minimum atomic E-state index is -4.64. The van der Waals surface area contributed by atoms with Gasteiger partial charge in [-0.1, -0.05) is 0 Å². The third kappa shape index (κ3) is 5.37. The van der Waals surface area contributed by atoms with Crippen molar-refractivity contribution in [1.29, 1.82) is 0 Å². The second-order valence-electron chi connectivity index (χ2n) is 7.49. The number of aromatic nitrogens is 2. The number of alkyl halides is 3. The topological polar surface area (TPSA) is 70.2 Å². The van der Waals surface area contributed by atoms with Gasteiger partial charge in [0.2, 0.25) is 5.95 Å². The molecule has 6 nitrogen and oxygen atoms in total. The molecule has 3 rings (SSSR count). The molecule has 1 fully saturated rings. The summed E-state index contributed by atoms with van der Waals surface area (Å²) in [5.74, 6) is -0.526. The van der Waals surface area contributed by atoms with Crippen LogP contribution in [0.4, 0.5) is 29.3 Å². The van der Waals surface area contributed by atoms with E-state index < -0.39 is 29.0 Å². The molecular formula is C20H23F4N5O. The monoisotopic (exact) mass is 425 g/mol. The smallest absolute Gasteiger partial charge is 0.363 e. The van der Waals surface area contributed by atoms with Crippen molar-refractivity contribution in [3.8, 4) is 0 Å². The van der Waals surface area contributed by atoms with Crippen LogP contribution in [0.2, 0.25) is 0 Å². The second kappa shape index (κ2) is 8.85. The number of rotatable bonds is 5.